The molecule has 5 rings (SSSR count). The average Bonchev–Trinajstić information content (AvgIpc) is 3.37. The van der Waals surface area contributed by atoms with Gasteiger partial charge in [-0.05, 0) is 30.3 Å². The van der Waals surface area contributed by atoms with Gasteiger partial charge in [-0.3, -0.25) is 4.79 Å². The van der Waals surface area contributed by atoms with Gasteiger partial charge in [-0.25, -0.2) is 4.98 Å². The van der Waals surface area contributed by atoms with Gasteiger partial charge in [0.25, 0.3) is 5.91 Å². The third-order valence-corrected chi connectivity index (χ3v) is 6.43. The van der Waals surface area contributed by atoms with Crippen LogP contribution >= 0.6 is 22.9 Å². The first-order chi connectivity index (χ1) is 14.1. The van der Waals surface area contributed by atoms with E-state index >= 15 is 0 Å². The molecule has 1 amide bonds. The summed E-state index contributed by atoms with van der Waals surface area (Å²) < 4.78 is 12.2. The van der Waals surface area contributed by atoms with Gasteiger partial charge in [-0.15, -0.1) is 0 Å². The first kappa shape index (κ1) is 18.3. The predicted octanol–water partition coefficient (Wildman–Crippen LogP) is 4.67. The van der Waals surface area contributed by atoms with Crippen molar-refractivity contribution in [2.24, 2.45) is 0 Å². The number of thiazole rings is 1. The minimum absolute atomic E-state index is 0.0982. The summed E-state index contributed by atoms with van der Waals surface area (Å²) in [5.74, 6) is 0.869. The van der Waals surface area contributed by atoms with Crippen LogP contribution < -0.4 is 9.64 Å². The minimum atomic E-state index is -0.0982. The van der Waals surface area contributed by atoms with Gasteiger partial charge in [0.15, 0.2) is 22.2 Å². The molecule has 0 unspecified atom stereocenters. The number of hydrogen-bond donors (Lipinski definition) is 0. The first-order valence-electron chi connectivity index (χ1n) is 9.29. The lowest BCUT2D eigenvalue weighted by Gasteiger charge is -2.34. The second-order valence-corrected chi connectivity index (χ2v) is 8.32. The maximum atomic E-state index is 12.9. The van der Waals surface area contributed by atoms with Crippen molar-refractivity contribution in [2.45, 2.75) is 0 Å². The summed E-state index contributed by atoms with van der Waals surface area (Å²) in [5, 5.41) is 2.54. The number of ether oxygens (including phenoxy) is 1. The molecule has 0 bridgehead atoms. The van der Waals surface area contributed by atoms with Crippen molar-refractivity contribution in [1.82, 2.24) is 9.88 Å². The Labute approximate surface area is 176 Å². The van der Waals surface area contributed by atoms with Crippen molar-refractivity contribution >= 4 is 55.2 Å². The fraction of sp³-hybridized carbons (Fsp3) is 0.238. The number of carbonyl (C=O) groups is 1. The Balaban J connectivity index is 1.31. The van der Waals surface area contributed by atoms with Crippen LogP contribution in [-0.2, 0) is 0 Å². The van der Waals surface area contributed by atoms with Crippen molar-refractivity contribution in [1.29, 1.82) is 0 Å². The molecular weight excluding hydrogens is 410 g/mol. The third-order valence-electron chi connectivity index (χ3n) is 5.12. The molecule has 0 saturated carbocycles. The van der Waals surface area contributed by atoms with Gasteiger partial charge in [0, 0.05) is 36.6 Å². The van der Waals surface area contributed by atoms with E-state index in [0.29, 0.717) is 35.2 Å². The molecule has 2 aromatic heterocycles. The Morgan fingerprint density at radius 1 is 1.17 bits per heavy atom. The number of benzene rings is 2. The van der Waals surface area contributed by atoms with Crippen LogP contribution in [0, 0.1) is 0 Å². The van der Waals surface area contributed by atoms with Crippen LogP contribution in [-0.4, -0.2) is 49.1 Å². The van der Waals surface area contributed by atoms with Crippen LogP contribution in [0.25, 0.3) is 21.2 Å². The zero-order chi connectivity index (χ0) is 20.0. The van der Waals surface area contributed by atoms with Crippen LogP contribution in [0.4, 0.5) is 5.13 Å². The van der Waals surface area contributed by atoms with Crippen LogP contribution in [0.1, 0.15) is 10.6 Å². The number of carbonyl (C=O) groups excluding carboxylic acids is 1. The summed E-state index contributed by atoms with van der Waals surface area (Å²) >= 11 is 7.70. The SMILES string of the molecule is COc1cccc2cc(C(=O)N3CCN(c4nc5ccc(Cl)cc5s4)CC3)oc12. The number of rotatable bonds is 3. The van der Waals surface area contributed by atoms with E-state index in [1.807, 2.05) is 41.3 Å². The lowest BCUT2D eigenvalue weighted by Crippen LogP contribution is -2.48. The number of piperazine rings is 1. The number of hydrogen-bond acceptors (Lipinski definition) is 6. The zero-order valence-corrected chi connectivity index (χ0v) is 17.3. The monoisotopic (exact) mass is 427 g/mol. The smallest absolute Gasteiger partial charge is 0.289 e. The summed E-state index contributed by atoms with van der Waals surface area (Å²) in [6.45, 7) is 2.68. The second-order valence-electron chi connectivity index (χ2n) is 6.88. The number of furan rings is 1. The summed E-state index contributed by atoms with van der Waals surface area (Å²) in [5.41, 5.74) is 1.55. The van der Waals surface area contributed by atoms with E-state index in [2.05, 4.69) is 4.90 Å². The number of methoxy groups -OCH3 is 1. The molecule has 3 heterocycles. The Morgan fingerprint density at radius 2 is 2.00 bits per heavy atom. The second kappa shape index (κ2) is 7.24. The molecule has 148 valence electrons. The number of halogens is 1. The van der Waals surface area contributed by atoms with E-state index in [9.17, 15) is 4.79 Å². The van der Waals surface area contributed by atoms with E-state index in [4.69, 9.17) is 25.7 Å². The Morgan fingerprint density at radius 3 is 2.79 bits per heavy atom. The normalized spacial score (nSPS) is 14.7. The molecule has 0 radical (unpaired) electrons. The maximum Gasteiger partial charge on any atom is 0.289 e. The molecule has 1 aliphatic heterocycles. The Hall–Kier alpha value is -2.77. The van der Waals surface area contributed by atoms with E-state index in [1.54, 1.807) is 24.5 Å². The van der Waals surface area contributed by atoms with Crippen molar-refractivity contribution < 1.29 is 13.9 Å². The number of para-hydroxylation sites is 1. The highest BCUT2D eigenvalue weighted by molar-refractivity contribution is 7.22. The number of aromatic nitrogens is 1. The lowest BCUT2D eigenvalue weighted by atomic mass is 10.2. The van der Waals surface area contributed by atoms with Crippen molar-refractivity contribution in [3.05, 3.63) is 53.2 Å². The highest BCUT2D eigenvalue weighted by Crippen LogP contribution is 2.32. The largest absolute Gasteiger partial charge is 0.493 e. The van der Waals surface area contributed by atoms with Crippen LogP contribution in [0.3, 0.4) is 0 Å². The Kier molecular flexibility index (Phi) is 4.56. The first-order valence-corrected chi connectivity index (χ1v) is 10.5. The van der Waals surface area contributed by atoms with Crippen molar-refractivity contribution in [3.63, 3.8) is 0 Å². The molecular formula is C21H18ClN3O3S. The van der Waals surface area contributed by atoms with Crippen molar-refractivity contribution in [3.8, 4) is 5.75 Å². The number of fused-ring (bicyclic) bond motifs is 2. The van der Waals surface area contributed by atoms with Crippen molar-refractivity contribution in [2.75, 3.05) is 38.2 Å². The summed E-state index contributed by atoms with van der Waals surface area (Å²) in [4.78, 5) is 21.7. The zero-order valence-electron chi connectivity index (χ0n) is 15.7. The molecule has 29 heavy (non-hydrogen) atoms. The van der Waals surface area contributed by atoms with E-state index < -0.39 is 0 Å². The fourth-order valence-corrected chi connectivity index (χ4v) is 4.87. The summed E-state index contributed by atoms with van der Waals surface area (Å²) in [6, 6.07) is 13.1. The maximum absolute atomic E-state index is 12.9. The molecule has 1 fully saturated rings. The molecule has 0 aliphatic carbocycles. The highest BCUT2D eigenvalue weighted by atomic mass is 35.5. The standard InChI is InChI=1S/C21H18ClN3O3S/c1-27-16-4-2-3-13-11-17(28-19(13)16)20(26)24-7-9-25(10-8-24)21-23-15-6-5-14(22)12-18(15)29-21/h2-6,11-12H,7-10H2,1H3. The molecule has 0 spiro atoms. The van der Waals surface area contributed by atoms with Gasteiger partial charge < -0.3 is 19.0 Å². The third kappa shape index (κ3) is 3.30. The van der Waals surface area contributed by atoms with E-state index in [-0.39, 0.29) is 5.91 Å². The Bertz CT molecular complexity index is 1210. The molecule has 4 aromatic rings. The van der Waals surface area contributed by atoms with Gasteiger partial charge in [0.05, 0.1) is 17.3 Å². The molecule has 0 N–H and O–H groups in total. The van der Waals surface area contributed by atoms with E-state index in [1.165, 1.54) is 0 Å². The number of nitrogens with zero attached hydrogens (tertiary/aromatic N) is 3. The average molecular weight is 428 g/mol. The quantitative estimate of drug-likeness (QED) is 0.475. The van der Waals surface area contributed by atoms with Crippen LogP contribution in [0.2, 0.25) is 5.02 Å². The molecule has 0 atom stereocenters. The number of anilines is 1. The van der Waals surface area contributed by atoms with Gasteiger partial charge in [-0.2, -0.15) is 0 Å². The molecule has 6 nitrogen and oxygen atoms in total. The fourth-order valence-electron chi connectivity index (χ4n) is 3.58. The van der Waals surface area contributed by atoms with Crippen LogP contribution in [0.15, 0.2) is 46.9 Å². The summed E-state index contributed by atoms with van der Waals surface area (Å²) in [6.07, 6.45) is 0. The molecule has 1 saturated heterocycles. The van der Waals surface area contributed by atoms with Gasteiger partial charge in [0.2, 0.25) is 0 Å². The lowest BCUT2D eigenvalue weighted by molar-refractivity contribution is 0.0717. The molecule has 2 aromatic carbocycles. The predicted molar refractivity (Wildman–Crippen MR) is 116 cm³/mol. The molecule has 1 aliphatic rings. The number of amides is 1. The topological polar surface area (TPSA) is 58.8 Å². The van der Waals surface area contributed by atoms with Gasteiger partial charge >= 0.3 is 0 Å². The van der Waals surface area contributed by atoms with Gasteiger partial charge in [-0.1, -0.05) is 35.1 Å². The van der Waals surface area contributed by atoms with E-state index in [0.717, 1.165) is 33.8 Å². The molecule has 8 heteroatoms. The van der Waals surface area contributed by atoms with Crippen LogP contribution in [0.5, 0.6) is 5.75 Å². The minimum Gasteiger partial charge on any atom is -0.493 e. The highest BCUT2D eigenvalue weighted by Gasteiger charge is 2.26. The van der Waals surface area contributed by atoms with Gasteiger partial charge in [0.1, 0.15) is 0 Å². The summed E-state index contributed by atoms with van der Waals surface area (Å²) in [7, 11) is 1.59.